The van der Waals surface area contributed by atoms with E-state index in [4.69, 9.17) is 37.4 Å². The number of methoxy groups -OCH3 is 1. The summed E-state index contributed by atoms with van der Waals surface area (Å²) in [5, 5.41) is 3.13. The third kappa shape index (κ3) is 8.00. The van der Waals surface area contributed by atoms with E-state index in [9.17, 15) is 14.4 Å². The molecule has 1 aliphatic heterocycles. The van der Waals surface area contributed by atoms with Gasteiger partial charge in [0, 0.05) is 73.3 Å². The standard InChI is InChI=1S/C29H39Cl2N3O6/c1-20-24(27(37)25(28(38-4)26(20)36)32-11-14-33-15-17-39-18-16-33)29(2,3)19-23(35)40-22-7-5-21(6-8-22)34(12-9-30)13-10-31/h5-8,32H,9-19H2,1-4H3. The number of esters is 1. The van der Waals surface area contributed by atoms with Crippen LogP contribution < -0.4 is 15.0 Å². The molecule has 1 aromatic carbocycles. The van der Waals surface area contributed by atoms with Gasteiger partial charge in [0.2, 0.25) is 11.6 Å². The van der Waals surface area contributed by atoms with Crippen LogP contribution in [0.25, 0.3) is 0 Å². The molecule has 220 valence electrons. The summed E-state index contributed by atoms with van der Waals surface area (Å²) in [7, 11) is 1.38. The Morgan fingerprint density at radius 2 is 1.70 bits per heavy atom. The molecule has 1 aromatic rings. The number of Topliss-reactive ketones (excluding diaryl/α,β-unsaturated/α-hetero) is 2. The minimum absolute atomic E-state index is 0.0101. The van der Waals surface area contributed by atoms with Crippen LogP contribution in [0.2, 0.25) is 0 Å². The summed E-state index contributed by atoms with van der Waals surface area (Å²) in [6.07, 6.45) is -0.103. The molecule has 11 heteroatoms. The Bertz CT molecular complexity index is 1120. The second-order valence-corrected chi connectivity index (χ2v) is 11.1. The van der Waals surface area contributed by atoms with E-state index < -0.39 is 11.4 Å². The Balaban J connectivity index is 1.69. The average Bonchev–Trinajstić information content (AvgIpc) is 2.92. The molecule has 0 saturated carbocycles. The largest absolute Gasteiger partial charge is 0.491 e. The molecule has 40 heavy (non-hydrogen) atoms. The van der Waals surface area contributed by atoms with E-state index in [0.717, 1.165) is 18.8 Å². The molecule has 9 nitrogen and oxygen atoms in total. The minimum atomic E-state index is -0.970. The number of ketones is 2. The predicted molar refractivity (Wildman–Crippen MR) is 156 cm³/mol. The lowest BCUT2D eigenvalue weighted by Gasteiger charge is -2.32. The van der Waals surface area contributed by atoms with Gasteiger partial charge >= 0.3 is 5.97 Å². The van der Waals surface area contributed by atoms with Crippen LogP contribution in [-0.4, -0.2) is 93.8 Å². The quantitative estimate of drug-likeness (QED) is 0.150. The number of carbonyl (C=O) groups excluding carboxylic acids is 3. The Kier molecular flexibility index (Phi) is 11.9. The first-order valence-electron chi connectivity index (χ1n) is 13.4. The van der Waals surface area contributed by atoms with Crippen LogP contribution in [0.1, 0.15) is 27.2 Å². The van der Waals surface area contributed by atoms with E-state index in [0.29, 0.717) is 56.9 Å². The van der Waals surface area contributed by atoms with Crippen LogP contribution in [0.3, 0.4) is 0 Å². The molecule has 0 radical (unpaired) electrons. The molecule has 0 amide bonds. The summed E-state index contributed by atoms with van der Waals surface area (Å²) in [6, 6.07) is 7.10. The summed E-state index contributed by atoms with van der Waals surface area (Å²) in [5.74, 6) is 0.0591. The number of ether oxygens (including phenoxy) is 3. The molecule has 0 atom stereocenters. The third-order valence-corrected chi connectivity index (χ3v) is 7.38. The van der Waals surface area contributed by atoms with Crippen molar-refractivity contribution >= 4 is 46.4 Å². The first-order valence-corrected chi connectivity index (χ1v) is 14.5. The number of carbonyl (C=O) groups is 3. The molecule has 3 rings (SSSR count). The van der Waals surface area contributed by atoms with Crippen molar-refractivity contribution in [3.8, 4) is 5.75 Å². The van der Waals surface area contributed by atoms with E-state index in [1.54, 1.807) is 32.9 Å². The Morgan fingerprint density at radius 1 is 1.07 bits per heavy atom. The van der Waals surface area contributed by atoms with Gasteiger partial charge in [0.1, 0.15) is 11.4 Å². The highest BCUT2D eigenvalue weighted by atomic mass is 35.5. The molecule has 1 heterocycles. The van der Waals surface area contributed by atoms with Crippen molar-refractivity contribution < 1.29 is 28.6 Å². The highest BCUT2D eigenvalue weighted by Gasteiger charge is 2.42. The number of nitrogens with one attached hydrogen (secondary N) is 1. The lowest BCUT2D eigenvalue weighted by atomic mass is 9.73. The lowest BCUT2D eigenvalue weighted by molar-refractivity contribution is -0.136. The van der Waals surface area contributed by atoms with Crippen molar-refractivity contribution in [2.45, 2.75) is 27.2 Å². The minimum Gasteiger partial charge on any atom is -0.491 e. The van der Waals surface area contributed by atoms with Gasteiger partial charge in [0.05, 0.1) is 26.7 Å². The van der Waals surface area contributed by atoms with E-state index in [2.05, 4.69) is 10.2 Å². The van der Waals surface area contributed by atoms with Gasteiger partial charge in [0.25, 0.3) is 0 Å². The molecule has 2 aliphatic rings. The Labute approximate surface area is 246 Å². The van der Waals surface area contributed by atoms with Crippen LogP contribution in [0.5, 0.6) is 5.75 Å². The Morgan fingerprint density at radius 3 is 2.27 bits per heavy atom. The molecule has 0 aromatic heterocycles. The van der Waals surface area contributed by atoms with Crippen molar-refractivity contribution in [2.24, 2.45) is 5.41 Å². The van der Waals surface area contributed by atoms with Gasteiger partial charge in [-0.15, -0.1) is 23.2 Å². The molecular weight excluding hydrogens is 557 g/mol. The third-order valence-electron chi connectivity index (χ3n) is 7.05. The summed E-state index contributed by atoms with van der Waals surface area (Å²) >= 11 is 11.8. The molecular formula is C29H39Cl2N3O6. The fourth-order valence-electron chi connectivity index (χ4n) is 5.05. The zero-order valence-electron chi connectivity index (χ0n) is 23.7. The maximum absolute atomic E-state index is 13.7. The summed E-state index contributed by atoms with van der Waals surface area (Å²) in [5.41, 5.74) is 0.611. The maximum Gasteiger partial charge on any atom is 0.312 e. The number of rotatable bonds is 14. The van der Waals surface area contributed by atoms with E-state index in [1.165, 1.54) is 7.11 Å². The second-order valence-electron chi connectivity index (χ2n) is 10.3. The van der Waals surface area contributed by atoms with Gasteiger partial charge in [-0.3, -0.25) is 19.3 Å². The zero-order valence-corrected chi connectivity index (χ0v) is 25.2. The number of allylic oxidation sites excluding steroid dienone is 2. The van der Waals surface area contributed by atoms with Crippen molar-refractivity contribution in [2.75, 3.05) is 76.3 Å². The van der Waals surface area contributed by atoms with E-state index >= 15 is 0 Å². The van der Waals surface area contributed by atoms with Crippen LogP contribution >= 0.6 is 23.2 Å². The average molecular weight is 597 g/mol. The predicted octanol–water partition coefficient (Wildman–Crippen LogP) is 3.54. The van der Waals surface area contributed by atoms with Gasteiger partial charge in [-0.05, 0) is 31.2 Å². The second kappa shape index (κ2) is 14.9. The highest BCUT2D eigenvalue weighted by Crippen LogP contribution is 2.39. The van der Waals surface area contributed by atoms with E-state index in [-0.39, 0.29) is 40.6 Å². The van der Waals surface area contributed by atoms with Crippen molar-refractivity contribution in [1.29, 1.82) is 0 Å². The zero-order chi connectivity index (χ0) is 29.3. The number of alkyl halides is 2. The summed E-state index contributed by atoms with van der Waals surface area (Å²) < 4.78 is 16.3. The number of halogens is 2. The summed E-state index contributed by atoms with van der Waals surface area (Å²) in [6.45, 7) is 10.5. The first kappa shape index (κ1) is 31.9. The van der Waals surface area contributed by atoms with Crippen molar-refractivity contribution in [1.82, 2.24) is 10.2 Å². The monoisotopic (exact) mass is 595 g/mol. The van der Waals surface area contributed by atoms with Gasteiger partial charge in [0.15, 0.2) is 5.76 Å². The smallest absolute Gasteiger partial charge is 0.312 e. The normalized spacial score (nSPS) is 16.9. The number of hydrogen-bond donors (Lipinski definition) is 1. The number of morpholine rings is 1. The first-order chi connectivity index (χ1) is 19.1. The van der Waals surface area contributed by atoms with Crippen molar-refractivity contribution in [3.05, 3.63) is 46.9 Å². The number of hydrogen-bond acceptors (Lipinski definition) is 9. The van der Waals surface area contributed by atoms with Crippen LogP contribution in [0.4, 0.5) is 5.69 Å². The topological polar surface area (TPSA) is 97.4 Å². The molecule has 1 N–H and O–H groups in total. The molecule has 0 unspecified atom stereocenters. The Hall–Kier alpha value is -2.59. The number of anilines is 1. The summed E-state index contributed by atoms with van der Waals surface area (Å²) in [4.78, 5) is 44.2. The van der Waals surface area contributed by atoms with Gasteiger partial charge in [-0.25, -0.2) is 0 Å². The fraction of sp³-hybridized carbons (Fsp3) is 0.552. The van der Waals surface area contributed by atoms with Gasteiger partial charge < -0.3 is 24.4 Å². The van der Waals surface area contributed by atoms with Crippen LogP contribution in [0.15, 0.2) is 46.9 Å². The maximum atomic E-state index is 13.7. The highest BCUT2D eigenvalue weighted by molar-refractivity contribution is 6.24. The van der Waals surface area contributed by atoms with Gasteiger partial charge in [-0.2, -0.15) is 0 Å². The van der Waals surface area contributed by atoms with Crippen LogP contribution in [-0.2, 0) is 23.9 Å². The van der Waals surface area contributed by atoms with E-state index in [1.807, 2.05) is 17.0 Å². The van der Waals surface area contributed by atoms with Gasteiger partial charge in [-0.1, -0.05) is 13.8 Å². The molecule has 0 spiro atoms. The van der Waals surface area contributed by atoms with Crippen LogP contribution in [0, 0.1) is 5.41 Å². The molecule has 1 aliphatic carbocycles. The lowest BCUT2D eigenvalue weighted by Crippen LogP contribution is -2.42. The fourth-order valence-corrected chi connectivity index (χ4v) is 5.45. The SMILES string of the molecule is COC1=C(NCCN2CCOCC2)C(=O)C(C(C)(C)CC(=O)Oc2ccc(N(CCCl)CCCl)cc2)=C(C)C1=O. The van der Waals surface area contributed by atoms with Crippen molar-refractivity contribution in [3.63, 3.8) is 0 Å². The molecule has 0 bridgehead atoms. The molecule has 1 saturated heterocycles. The molecule has 1 fully saturated rings. The number of nitrogens with zero attached hydrogens (tertiary/aromatic N) is 2. The number of benzene rings is 1.